The number of hydrogen-bond donors (Lipinski definition) is 0. The molecule has 0 aromatic heterocycles. The van der Waals surface area contributed by atoms with E-state index in [1.54, 1.807) is 42.5 Å². The van der Waals surface area contributed by atoms with Crippen LogP contribution >= 0.6 is 0 Å². The van der Waals surface area contributed by atoms with Gasteiger partial charge in [-0.05, 0) is 69.8 Å². The Morgan fingerprint density at radius 2 is 0.596 bits per heavy atom. The van der Waals surface area contributed by atoms with E-state index in [4.69, 9.17) is 0 Å². The largest absolute Gasteiger partial charge is 0.192 e. The SMILES string of the molecule is N#Cc1cccc(-c2c(-c3ccccc3)c(-c3ccccc3C#N)c(-c3ccccc3C#N)c(-c3ccccc3C#N)c2-c2ccccc2C#N)c1. The van der Waals surface area contributed by atoms with Crippen LogP contribution in [0.2, 0.25) is 0 Å². The summed E-state index contributed by atoms with van der Waals surface area (Å²) >= 11 is 0. The number of benzene rings is 7. The fraction of sp³-hybridized carbons (Fsp3) is 0. The molecule has 7 rings (SSSR count). The normalized spacial score (nSPS) is 10.2. The number of rotatable bonds is 6. The van der Waals surface area contributed by atoms with Crippen molar-refractivity contribution in [1.82, 2.24) is 0 Å². The van der Waals surface area contributed by atoms with Gasteiger partial charge >= 0.3 is 0 Å². The molecule has 0 spiro atoms. The first kappa shape index (κ1) is 32.5. The van der Waals surface area contributed by atoms with Crippen molar-refractivity contribution in [2.45, 2.75) is 0 Å². The van der Waals surface area contributed by atoms with Crippen molar-refractivity contribution < 1.29 is 0 Å². The Hall–Kier alpha value is -8.01. The van der Waals surface area contributed by atoms with Crippen LogP contribution in [0, 0.1) is 56.7 Å². The summed E-state index contributed by atoms with van der Waals surface area (Å²) in [5.41, 5.74) is 9.97. The van der Waals surface area contributed by atoms with Crippen LogP contribution < -0.4 is 0 Å². The standard InChI is InChI=1S/C47H25N5/c48-26-31-13-12-20-33(25-31)43-42(32-14-2-1-3-15-32)44(38-21-8-4-16-34(38)27-49)46(40-23-10-6-18-36(40)29-51)47(41-24-11-7-19-37(41)30-52)45(43)39-22-9-5-17-35(39)28-50/h1-25H. The molecule has 52 heavy (non-hydrogen) atoms. The number of nitriles is 5. The molecule has 7 aromatic rings. The Bertz CT molecular complexity index is 2740. The van der Waals surface area contributed by atoms with Crippen molar-refractivity contribution in [2.24, 2.45) is 0 Å². The van der Waals surface area contributed by atoms with Crippen LogP contribution in [0.1, 0.15) is 27.8 Å². The van der Waals surface area contributed by atoms with Crippen molar-refractivity contribution in [3.63, 3.8) is 0 Å². The second-order valence-corrected chi connectivity index (χ2v) is 11.9. The lowest BCUT2D eigenvalue weighted by atomic mass is 9.72. The topological polar surface area (TPSA) is 119 Å². The fourth-order valence-electron chi connectivity index (χ4n) is 6.95. The molecule has 0 aliphatic rings. The molecule has 0 aliphatic carbocycles. The van der Waals surface area contributed by atoms with Crippen molar-refractivity contribution in [3.05, 3.63) is 179 Å². The molecule has 0 atom stereocenters. The third kappa shape index (κ3) is 5.63. The summed E-state index contributed by atoms with van der Waals surface area (Å²) in [6.45, 7) is 0. The molecule has 238 valence electrons. The summed E-state index contributed by atoms with van der Waals surface area (Å²) in [5, 5.41) is 52.6. The van der Waals surface area contributed by atoms with Gasteiger partial charge in [-0.2, -0.15) is 26.3 Å². The van der Waals surface area contributed by atoms with E-state index in [0.29, 0.717) is 83.5 Å². The molecule has 7 aromatic carbocycles. The average molecular weight is 660 g/mol. The first-order valence-electron chi connectivity index (χ1n) is 16.4. The van der Waals surface area contributed by atoms with Gasteiger partial charge in [-0.15, -0.1) is 0 Å². The van der Waals surface area contributed by atoms with Gasteiger partial charge in [-0.1, -0.05) is 115 Å². The molecule has 0 bridgehead atoms. The third-order valence-electron chi connectivity index (χ3n) is 9.11. The van der Waals surface area contributed by atoms with E-state index >= 15 is 0 Å². The van der Waals surface area contributed by atoms with E-state index in [1.807, 2.05) is 109 Å². The summed E-state index contributed by atoms with van der Waals surface area (Å²) < 4.78 is 0. The van der Waals surface area contributed by atoms with E-state index in [-0.39, 0.29) is 0 Å². The van der Waals surface area contributed by atoms with Gasteiger partial charge in [0.25, 0.3) is 0 Å². The van der Waals surface area contributed by atoms with E-state index in [2.05, 4.69) is 30.3 Å². The minimum atomic E-state index is 0.387. The summed E-state index contributed by atoms with van der Waals surface area (Å²) in [7, 11) is 0. The molecule has 0 aliphatic heterocycles. The molecular weight excluding hydrogens is 635 g/mol. The summed E-state index contributed by atoms with van der Waals surface area (Å²) in [6, 6.07) is 58.3. The molecule has 0 saturated carbocycles. The summed E-state index contributed by atoms with van der Waals surface area (Å²) in [5.74, 6) is 0. The number of hydrogen-bond acceptors (Lipinski definition) is 5. The zero-order chi connectivity index (χ0) is 36.0. The van der Waals surface area contributed by atoms with Gasteiger partial charge in [-0.3, -0.25) is 0 Å². The van der Waals surface area contributed by atoms with Crippen LogP contribution in [-0.2, 0) is 0 Å². The fourth-order valence-corrected chi connectivity index (χ4v) is 6.95. The molecule has 5 nitrogen and oxygen atoms in total. The molecule has 0 N–H and O–H groups in total. The van der Waals surface area contributed by atoms with Gasteiger partial charge in [0.1, 0.15) is 0 Å². The van der Waals surface area contributed by atoms with Crippen molar-refractivity contribution in [3.8, 4) is 97.1 Å². The van der Waals surface area contributed by atoms with Crippen LogP contribution in [0.4, 0.5) is 0 Å². The van der Waals surface area contributed by atoms with E-state index in [0.717, 1.165) is 11.1 Å². The predicted molar refractivity (Wildman–Crippen MR) is 203 cm³/mol. The summed E-state index contributed by atoms with van der Waals surface area (Å²) in [6.07, 6.45) is 0. The van der Waals surface area contributed by atoms with Crippen LogP contribution in [0.5, 0.6) is 0 Å². The minimum Gasteiger partial charge on any atom is -0.192 e. The molecular formula is C47H25N5. The van der Waals surface area contributed by atoms with Gasteiger partial charge in [0.2, 0.25) is 0 Å². The zero-order valence-electron chi connectivity index (χ0n) is 27.7. The first-order valence-corrected chi connectivity index (χ1v) is 16.4. The molecule has 0 radical (unpaired) electrons. The average Bonchev–Trinajstić information content (AvgIpc) is 3.22. The Kier molecular flexibility index (Phi) is 8.90. The Balaban J connectivity index is 1.94. The van der Waals surface area contributed by atoms with E-state index in [1.165, 1.54) is 0 Å². The molecule has 0 saturated heterocycles. The maximum atomic E-state index is 10.6. The van der Waals surface area contributed by atoms with Crippen LogP contribution in [-0.4, -0.2) is 0 Å². The quantitative estimate of drug-likeness (QED) is 0.176. The van der Waals surface area contributed by atoms with E-state index in [9.17, 15) is 26.3 Å². The lowest BCUT2D eigenvalue weighted by Crippen LogP contribution is -2.05. The Morgan fingerprint density at radius 1 is 0.269 bits per heavy atom. The van der Waals surface area contributed by atoms with Gasteiger partial charge in [0.05, 0.1) is 58.2 Å². The smallest absolute Gasteiger partial charge is 0.0998 e. The zero-order valence-corrected chi connectivity index (χ0v) is 27.7. The highest BCUT2D eigenvalue weighted by Gasteiger charge is 2.32. The Morgan fingerprint density at radius 3 is 0.981 bits per heavy atom. The molecule has 0 unspecified atom stereocenters. The van der Waals surface area contributed by atoms with Crippen LogP contribution in [0.3, 0.4) is 0 Å². The van der Waals surface area contributed by atoms with Crippen molar-refractivity contribution in [1.29, 1.82) is 26.3 Å². The predicted octanol–water partition coefficient (Wildman–Crippen LogP) is 11.0. The van der Waals surface area contributed by atoms with Crippen LogP contribution in [0.15, 0.2) is 152 Å². The minimum absolute atomic E-state index is 0.387. The molecule has 5 heteroatoms. The number of nitrogens with zero attached hydrogens (tertiary/aromatic N) is 5. The maximum absolute atomic E-state index is 10.6. The highest BCUT2D eigenvalue weighted by Crippen LogP contribution is 2.57. The Labute approximate surface area is 302 Å². The highest BCUT2D eigenvalue weighted by molar-refractivity contribution is 6.16. The lowest BCUT2D eigenvalue weighted by molar-refractivity contribution is 1.44. The monoisotopic (exact) mass is 659 g/mol. The van der Waals surface area contributed by atoms with Gasteiger partial charge in [0, 0.05) is 33.4 Å². The van der Waals surface area contributed by atoms with Crippen molar-refractivity contribution >= 4 is 0 Å². The molecule has 0 heterocycles. The van der Waals surface area contributed by atoms with E-state index < -0.39 is 0 Å². The van der Waals surface area contributed by atoms with Gasteiger partial charge < -0.3 is 0 Å². The second kappa shape index (κ2) is 14.2. The first-order chi connectivity index (χ1) is 25.6. The second-order valence-electron chi connectivity index (χ2n) is 11.9. The maximum Gasteiger partial charge on any atom is 0.0998 e. The summed E-state index contributed by atoms with van der Waals surface area (Å²) in [4.78, 5) is 0. The van der Waals surface area contributed by atoms with Gasteiger partial charge in [0.15, 0.2) is 0 Å². The van der Waals surface area contributed by atoms with Crippen molar-refractivity contribution in [2.75, 3.05) is 0 Å². The van der Waals surface area contributed by atoms with Gasteiger partial charge in [-0.25, -0.2) is 0 Å². The highest BCUT2D eigenvalue weighted by atomic mass is 14.4. The molecule has 0 amide bonds. The third-order valence-corrected chi connectivity index (χ3v) is 9.11. The van der Waals surface area contributed by atoms with Crippen LogP contribution in [0.25, 0.3) is 66.8 Å². The lowest BCUT2D eigenvalue weighted by Gasteiger charge is -2.29. The molecule has 0 fully saturated rings.